The summed E-state index contributed by atoms with van der Waals surface area (Å²) in [7, 11) is 1.92. The van der Waals surface area contributed by atoms with Crippen molar-refractivity contribution in [1.29, 1.82) is 0 Å². The van der Waals surface area contributed by atoms with E-state index < -0.39 is 0 Å². The number of rotatable bonds is 4. The van der Waals surface area contributed by atoms with Crippen molar-refractivity contribution in [1.82, 2.24) is 25.5 Å². The first-order valence-corrected chi connectivity index (χ1v) is 8.27. The van der Waals surface area contributed by atoms with Gasteiger partial charge in [-0.2, -0.15) is 0 Å². The maximum atomic E-state index is 11.7. The lowest BCUT2D eigenvalue weighted by Gasteiger charge is -2.36. The molecular formula is C16H24N6O2. The second-order valence-electron chi connectivity index (χ2n) is 6.45. The van der Waals surface area contributed by atoms with Gasteiger partial charge in [-0.25, -0.2) is 10.1 Å². The predicted molar refractivity (Wildman–Crippen MR) is 91.6 cm³/mol. The number of hydrazine groups is 1. The summed E-state index contributed by atoms with van der Waals surface area (Å²) >= 11 is 0. The molecule has 8 heteroatoms. The fourth-order valence-electron chi connectivity index (χ4n) is 2.87. The summed E-state index contributed by atoms with van der Waals surface area (Å²) in [6, 6.07) is 1.75. The van der Waals surface area contributed by atoms with Gasteiger partial charge >= 0.3 is 0 Å². The second-order valence-corrected chi connectivity index (χ2v) is 6.45. The van der Waals surface area contributed by atoms with Crippen molar-refractivity contribution in [2.24, 2.45) is 4.99 Å². The Morgan fingerprint density at radius 1 is 1.33 bits per heavy atom. The number of hydrogen-bond donors (Lipinski definition) is 2. The first-order valence-electron chi connectivity index (χ1n) is 8.27. The highest BCUT2D eigenvalue weighted by Crippen LogP contribution is 2.21. The Hall–Kier alpha value is -2.51. The molecule has 0 radical (unpaired) electrons. The lowest BCUT2D eigenvalue weighted by molar-refractivity contribution is 0.103. The van der Waals surface area contributed by atoms with Crippen LogP contribution < -0.4 is 15.7 Å². The number of hydrogen-bond acceptors (Lipinski definition) is 7. The van der Waals surface area contributed by atoms with Gasteiger partial charge in [0.05, 0.1) is 6.20 Å². The lowest BCUT2D eigenvalue weighted by Crippen LogP contribution is -2.46. The number of ether oxygens (including phenoxy) is 1. The average Bonchev–Trinajstić information content (AvgIpc) is 2.57. The number of nitrogens with one attached hydrogen (secondary N) is 2. The van der Waals surface area contributed by atoms with E-state index in [2.05, 4.69) is 25.5 Å². The molecule has 3 heterocycles. The Labute approximate surface area is 141 Å². The topological polar surface area (TPSA) is 85.8 Å². The van der Waals surface area contributed by atoms with Crippen LogP contribution in [0.3, 0.4) is 0 Å². The predicted octanol–water partition coefficient (Wildman–Crippen LogP) is 1.01. The van der Waals surface area contributed by atoms with Crippen LogP contribution in [0.5, 0.6) is 5.88 Å². The van der Waals surface area contributed by atoms with Crippen molar-refractivity contribution in [3.63, 3.8) is 0 Å². The molecule has 2 aliphatic heterocycles. The van der Waals surface area contributed by atoms with Gasteiger partial charge in [0.15, 0.2) is 0 Å². The fourth-order valence-corrected chi connectivity index (χ4v) is 2.87. The summed E-state index contributed by atoms with van der Waals surface area (Å²) in [4.78, 5) is 18.2. The van der Waals surface area contributed by atoms with Gasteiger partial charge in [0, 0.05) is 44.6 Å². The molecule has 0 unspecified atom stereocenters. The third-order valence-corrected chi connectivity index (χ3v) is 4.23. The second kappa shape index (κ2) is 6.94. The Bertz CT molecular complexity index is 688. The van der Waals surface area contributed by atoms with Crippen LogP contribution in [0.15, 0.2) is 27.9 Å². The zero-order valence-electron chi connectivity index (χ0n) is 14.3. The molecule has 24 heavy (non-hydrogen) atoms. The molecular weight excluding hydrogens is 308 g/mol. The van der Waals surface area contributed by atoms with Crippen molar-refractivity contribution < 1.29 is 4.74 Å². The van der Waals surface area contributed by atoms with E-state index >= 15 is 0 Å². The van der Waals surface area contributed by atoms with E-state index in [0.717, 1.165) is 31.8 Å². The van der Waals surface area contributed by atoms with Crippen LogP contribution in [0.2, 0.25) is 0 Å². The number of likely N-dealkylation sites (tertiary alicyclic amines) is 1. The third-order valence-electron chi connectivity index (χ3n) is 4.23. The Kier molecular flexibility index (Phi) is 4.73. The van der Waals surface area contributed by atoms with E-state index in [9.17, 15) is 4.79 Å². The summed E-state index contributed by atoms with van der Waals surface area (Å²) < 4.78 is 5.97. The van der Waals surface area contributed by atoms with E-state index in [4.69, 9.17) is 4.74 Å². The van der Waals surface area contributed by atoms with Gasteiger partial charge in [-0.1, -0.05) is 13.8 Å². The van der Waals surface area contributed by atoms with E-state index in [0.29, 0.717) is 11.4 Å². The molecule has 2 N–H and O–H groups in total. The molecule has 0 aromatic carbocycles. The molecule has 0 amide bonds. The number of nitrogens with zero attached hydrogens (tertiary/aromatic N) is 4. The maximum Gasteiger partial charge on any atom is 0.267 e. The number of aromatic amines is 1. The fraction of sp³-hybridized carbons (Fsp3) is 0.562. The van der Waals surface area contributed by atoms with E-state index in [1.165, 1.54) is 0 Å². The number of aromatic nitrogens is 2. The standard InChI is InChI=1S/C16H24N6O2/c1-11(2)13-8-15(18-19-16(13)23)24-12-4-6-22(7-5-12)14-9-17-10-21(3)20-14/h8-12,20H,4-7H2,1-3H3,(H,19,23). The van der Waals surface area contributed by atoms with E-state index in [1.54, 1.807) is 12.4 Å². The highest BCUT2D eigenvalue weighted by Gasteiger charge is 2.23. The normalized spacial score (nSPS) is 18.6. The third kappa shape index (κ3) is 3.69. The van der Waals surface area contributed by atoms with Crippen LogP contribution in [0.1, 0.15) is 38.2 Å². The minimum Gasteiger partial charge on any atom is -0.473 e. The first-order chi connectivity index (χ1) is 11.5. The molecule has 0 bridgehead atoms. The van der Waals surface area contributed by atoms with Gasteiger partial charge in [0.1, 0.15) is 18.3 Å². The summed E-state index contributed by atoms with van der Waals surface area (Å²) in [5, 5.41) is 8.36. The monoisotopic (exact) mass is 332 g/mol. The number of aliphatic imine (C=N–C) groups is 1. The van der Waals surface area contributed by atoms with Crippen LogP contribution in [-0.2, 0) is 0 Å². The van der Waals surface area contributed by atoms with Crippen LogP contribution in [0.25, 0.3) is 0 Å². The average molecular weight is 332 g/mol. The molecule has 1 aromatic rings. The van der Waals surface area contributed by atoms with Gasteiger partial charge in [0.2, 0.25) is 5.88 Å². The van der Waals surface area contributed by atoms with Gasteiger partial charge in [0.25, 0.3) is 5.56 Å². The van der Waals surface area contributed by atoms with Gasteiger partial charge in [-0.3, -0.25) is 15.2 Å². The van der Waals surface area contributed by atoms with Crippen molar-refractivity contribution in [3.8, 4) is 5.88 Å². The van der Waals surface area contributed by atoms with E-state index in [1.807, 2.05) is 32.1 Å². The minimum absolute atomic E-state index is 0.102. The summed E-state index contributed by atoms with van der Waals surface area (Å²) in [5.74, 6) is 1.64. The molecule has 0 atom stereocenters. The summed E-state index contributed by atoms with van der Waals surface area (Å²) in [5.41, 5.74) is 3.81. The quantitative estimate of drug-likeness (QED) is 0.856. The molecule has 1 fully saturated rings. The molecule has 130 valence electrons. The molecule has 0 aliphatic carbocycles. The minimum atomic E-state index is -0.146. The van der Waals surface area contributed by atoms with Gasteiger partial charge in [-0.05, 0) is 5.92 Å². The SMILES string of the molecule is CC(C)c1cc(OC2CCN(C3=CN=CN(C)N3)CC2)n[nH]c1=O. The van der Waals surface area contributed by atoms with Gasteiger partial charge < -0.3 is 9.64 Å². The lowest BCUT2D eigenvalue weighted by atomic mass is 10.1. The Morgan fingerprint density at radius 2 is 2.08 bits per heavy atom. The summed E-state index contributed by atoms with van der Waals surface area (Å²) in [6.45, 7) is 5.73. The Morgan fingerprint density at radius 3 is 2.75 bits per heavy atom. The van der Waals surface area contributed by atoms with Gasteiger partial charge in [-0.15, -0.1) is 5.10 Å². The van der Waals surface area contributed by atoms with Crippen molar-refractivity contribution in [2.45, 2.75) is 38.7 Å². The molecule has 0 spiro atoms. The number of piperidine rings is 1. The highest BCUT2D eigenvalue weighted by atomic mass is 16.5. The molecule has 1 aromatic heterocycles. The zero-order valence-corrected chi connectivity index (χ0v) is 14.3. The van der Waals surface area contributed by atoms with Crippen LogP contribution in [-0.4, -0.2) is 52.7 Å². The van der Waals surface area contributed by atoms with Crippen molar-refractivity contribution in [3.05, 3.63) is 34.0 Å². The zero-order chi connectivity index (χ0) is 17.1. The highest BCUT2D eigenvalue weighted by molar-refractivity contribution is 5.56. The Balaban J connectivity index is 1.58. The van der Waals surface area contributed by atoms with Crippen molar-refractivity contribution in [2.75, 3.05) is 20.1 Å². The van der Waals surface area contributed by atoms with Crippen LogP contribution in [0.4, 0.5) is 0 Å². The largest absolute Gasteiger partial charge is 0.473 e. The maximum absolute atomic E-state index is 11.7. The van der Waals surface area contributed by atoms with Crippen molar-refractivity contribution >= 4 is 6.34 Å². The van der Waals surface area contributed by atoms with Crippen LogP contribution in [0, 0.1) is 0 Å². The van der Waals surface area contributed by atoms with Crippen LogP contribution >= 0.6 is 0 Å². The molecule has 2 aliphatic rings. The molecule has 0 saturated carbocycles. The smallest absolute Gasteiger partial charge is 0.267 e. The van der Waals surface area contributed by atoms with E-state index in [-0.39, 0.29) is 17.6 Å². The molecule has 3 rings (SSSR count). The number of H-pyrrole nitrogens is 1. The summed E-state index contributed by atoms with van der Waals surface area (Å²) in [6.07, 6.45) is 5.45. The molecule has 8 nitrogen and oxygen atoms in total. The molecule has 1 saturated heterocycles. The first kappa shape index (κ1) is 16.4.